The summed E-state index contributed by atoms with van der Waals surface area (Å²) in [4.78, 5) is 19.5. The van der Waals surface area contributed by atoms with Crippen molar-refractivity contribution in [2.24, 2.45) is 0 Å². The predicted octanol–water partition coefficient (Wildman–Crippen LogP) is 0.749. The number of halogens is 1. The molecule has 20 heavy (non-hydrogen) atoms. The number of nitrogens with zero attached hydrogens (tertiary/aromatic N) is 3. The molecule has 1 N–H and O–H groups in total. The molecule has 0 radical (unpaired) electrons. The predicted molar refractivity (Wildman–Crippen MR) is 72.8 cm³/mol. The summed E-state index contributed by atoms with van der Waals surface area (Å²) in [5.74, 6) is -0.814. The smallest absolute Gasteiger partial charge is 0.254 e. The third-order valence-electron chi connectivity index (χ3n) is 3.24. The van der Waals surface area contributed by atoms with Crippen molar-refractivity contribution in [2.75, 3.05) is 32.7 Å². The highest BCUT2D eigenvalue weighted by molar-refractivity contribution is 5.94. The van der Waals surface area contributed by atoms with Crippen molar-refractivity contribution in [3.63, 3.8) is 0 Å². The molecule has 1 aromatic heterocycles. The van der Waals surface area contributed by atoms with E-state index in [1.165, 1.54) is 12.3 Å². The minimum atomic E-state index is -0.736. The third kappa shape index (κ3) is 3.98. The van der Waals surface area contributed by atoms with E-state index < -0.39 is 11.5 Å². The van der Waals surface area contributed by atoms with E-state index in [1.807, 2.05) is 0 Å². The number of carbonyl (C=O) groups is 1. The average molecular weight is 281 g/mol. The van der Waals surface area contributed by atoms with Crippen LogP contribution in [0.4, 0.5) is 4.39 Å². The molecular formula is C14H20FN3O2. The maximum atomic E-state index is 13.0. The van der Waals surface area contributed by atoms with Gasteiger partial charge in [-0.3, -0.25) is 9.69 Å². The lowest BCUT2D eigenvalue weighted by atomic mass is 10.1. The molecule has 0 aromatic carbocycles. The topological polar surface area (TPSA) is 56.7 Å². The first-order valence-electron chi connectivity index (χ1n) is 6.71. The Bertz CT molecular complexity index is 480. The maximum absolute atomic E-state index is 13.0. The molecule has 1 aliphatic heterocycles. The Hall–Kier alpha value is -1.53. The van der Waals surface area contributed by atoms with E-state index in [1.54, 1.807) is 18.7 Å². The molecule has 0 bridgehead atoms. The lowest BCUT2D eigenvalue weighted by molar-refractivity contribution is 0.0178. The van der Waals surface area contributed by atoms with E-state index >= 15 is 0 Å². The standard InChI is InChI=1S/C14H20FN3O2/c1-14(2,20)10-17-5-7-18(8-6-17)13(19)11-3-4-16-12(15)9-11/h3-4,9,20H,5-8,10H2,1-2H3. The fraction of sp³-hybridized carbons (Fsp3) is 0.571. The molecule has 1 saturated heterocycles. The number of hydrogen-bond acceptors (Lipinski definition) is 4. The fourth-order valence-corrected chi connectivity index (χ4v) is 2.37. The Morgan fingerprint density at radius 2 is 2.05 bits per heavy atom. The molecule has 2 heterocycles. The van der Waals surface area contributed by atoms with Gasteiger partial charge in [-0.1, -0.05) is 0 Å². The Labute approximate surface area is 118 Å². The molecule has 0 saturated carbocycles. The minimum absolute atomic E-state index is 0.172. The van der Waals surface area contributed by atoms with Crippen LogP contribution >= 0.6 is 0 Å². The van der Waals surface area contributed by atoms with Gasteiger partial charge in [0.2, 0.25) is 5.95 Å². The van der Waals surface area contributed by atoms with Crippen LogP contribution in [-0.2, 0) is 0 Å². The number of hydrogen-bond donors (Lipinski definition) is 1. The summed E-state index contributed by atoms with van der Waals surface area (Å²) < 4.78 is 13.0. The Morgan fingerprint density at radius 3 is 2.60 bits per heavy atom. The highest BCUT2D eigenvalue weighted by atomic mass is 19.1. The normalized spacial score (nSPS) is 17.3. The number of aromatic nitrogens is 1. The number of β-amino-alcohol motifs (C(OH)–C–C–N with tert-alkyl or cyclic N) is 1. The van der Waals surface area contributed by atoms with E-state index in [4.69, 9.17) is 0 Å². The first kappa shape index (κ1) is 14.9. The van der Waals surface area contributed by atoms with Crippen LogP contribution in [0, 0.1) is 5.95 Å². The lowest BCUT2D eigenvalue weighted by Gasteiger charge is -2.37. The van der Waals surface area contributed by atoms with Gasteiger partial charge >= 0.3 is 0 Å². The summed E-state index contributed by atoms with van der Waals surface area (Å²) in [6.45, 7) is 6.71. The molecule has 110 valence electrons. The van der Waals surface area contributed by atoms with Crippen molar-refractivity contribution < 1.29 is 14.3 Å². The van der Waals surface area contributed by atoms with Gasteiger partial charge in [0.15, 0.2) is 0 Å². The number of carbonyl (C=O) groups excluding carboxylic acids is 1. The molecule has 2 rings (SSSR count). The van der Waals surface area contributed by atoms with E-state index in [2.05, 4.69) is 9.88 Å². The Morgan fingerprint density at radius 1 is 1.40 bits per heavy atom. The van der Waals surface area contributed by atoms with E-state index in [0.717, 1.165) is 6.07 Å². The molecule has 0 unspecified atom stereocenters. The monoisotopic (exact) mass is 281 g/mol. The molecule has 0 spiro atoms. The zero-order valence-electron chi connectivity index (χ0n) is 11.8. The summed E-state index contributed by atoms with van der Waals surface area (Å²) in [7, 11) is 0. The second-order valence-electron chi connectivity index (χ2n) is 5.75. The van der Waals surface area contributed by atoms with Crippen molar-refractivity contribution in [3.05, 3.63) is 29.8 Å². The van der Waals surface area contributed by atoms with E-state index in [0.29, 0.717) is 38.3 Å². The maximum Gasteiger partial charge on any atom is 0.254 e. The van der Waals surface area contributed by atoms with E-state index in [-0.39, 0.29) is 5.91 Å². The van der Waals surface area contributed by atoms with Crippen LogP contribution in [0.3, 0.4) is 0 Å². The average Bonchev–Trinajstić information content (AvgIpc) is 2.37. The summed E-state index contributed by atoms with van der Waals surface area (Å²) in [6.07, 6.45) is 1.30. The zero-order chi connectivity index (χ0) is 14.8. The SMILES string of the molecule is CC(C)(O)CN1CCN(C(=O)c2ccnc(F)c2)CC1. The van der Waals surface area contributed by atoms with Crippen LogP contribution in [0.25, 0.3) is 0 Å². The highest BCUT2D eigenvalue weighted by Crippen LogP contribution is 2.11. The van der Waals surface area contributed by atoms with Crippen LogP contribution in [0.5, 0.6) is 0 Å². The molecular weight excluding hydrogens is 261 g/mol. The van der Waals surface area contributed by atoms with Crippen molar-refractivity contribution >= 4 is 5.91 Å². The Kier molecular flexibility index (Phi) is 4.35. The van der Waals surface area contributed by atoms with Gasteiger partial charge in [0, 0.05) is 50.6 Å². The van der Waals surface area contributed by atoms with Crippen LogP contribution in [0.2, 0.25) is 0 Å². The Balaban J connectivity index is 1.92. The van der Waals surface area contributed by atoms with Gasteiger partial charge < -0.3 is 10.0 Å². The molecule has 0 aliphatic carbocycles. The zero-order valence-corrected chi connectivity index (χ0v) is 11.8. The molecule has 1 aliphatic rings. The van der Waals surface area contributed by atoms with Crippen molar-refractivity contribution in [3.8, 4) is 0 Å². The van der Waals surface area contributed by atoms with Gasteiger partial charge in [0.25, 0.3) is 5.91 Å². The first-order chi connectivity index (χ1) is 9.35. The largest absolute Gasteiger partial charge is 0.389 e. The summed E-state index contributed by atoms with van der Waals surface area (Å²) in [6, 6.07) is 2.68. The number of pyridine rings is 1. The number of rotatable bonds is 3. The lowest BCUT2D eigenvalue weighted by Crippen LogP contribution is -2.52. The quantitative estimate of drug-likeness (QED) is 0.831. The highest BCUT2D eigenvalue weighted by Gasteiger charge is 2.25. The van der Waals surface area contributed by atoms with Gasteiger partial charge in [-0.15, -0.1) is 0 Å². The van der Waals surface area contributed by atoms with Crippen LogP contribution in [0.15, 0.2) is 18.3 Å². The number of amides is 1. The third-order valence-corrected chi connectivity index (χ3v) is 3.24. The van der Waals surface area contributed by atoms with Crippen molar-refractivity contribution in [1.29, 1.82) is 0 Å². The molecule has 1 fully saturated rings. The molecule has 6 heteroatoms. The van der Waals surface area contributed by atoms with Gasteiger partial charge in [-0.2, -0.15) is 4.39 Å². The van der Waals surface area contributed by atoms with Crippen molar-refractivity contribution in [1.82, 2.24) is 14.8 Å². The number of aliphatic hydroxyl groups is 1. The molecule has 1 amide bonds. The van der Waals surface area contributed by atoms with E-state index in [9.17, 15) is 14.3 Å². The summed E-state index contributed by atoms with van der Waals surface area (Å²) in [5, 5.41) is 9.78. The van der Waals surface area contributed by atoms with Crippen LogP contribution < -0.4 is 0 Å². The van der Waals surface area contributed by atoms with Gasteiger partial charge in [0.05, 0.1) is 5.60 Å². The van der Waals surface area contributed by atoms with Gasteiger partial charge in [0.1, 0.15) is 0 Å². The number of piperazine rings is 1. The fourth-order valence-electron chi connectivity index (χ4n) is 2.37. The van der Waals surface area contributed by atoms with Crippen LogP contribution in [0.1, 0.15) is 24.2 Å². The van der Waals surface area contributed by atoms with Gasteiger partial charge in [-0.05, 0) is 19.9 Å². The summed E-state index contributed by atoms with van der Waals surface area (Å²) in [5.41, 5.74) is -0.408. The second-order valence-corrected chi connectivity index (χ2v) is 5.75. The van der Waals surface area contributed by atoms with Crippen LogP contribution in [-0.4, -0.2) is 64.1 Å². The van der Waals surface area contributed by atoms with Gasteiger partial charge in [-0.25, -0.2) is 4.98 Å². The molecule has 1 aromatic rings. The molecule has 5 nitrogen and oxygen atoms in total. The molecule has 0 atom stereocenters. The summed E-state index contributed by atoms with van der Waals surface area (Å²) >= 11 is 0. The second kappa shape index (κ2) is 5.85. The minimum Gasteiger partial charge on any atom is -0.389 e. The first-order valence-corrected chi connectivity index (χ1v) is 6.71. The van der Waals surface area contributed by atoms with Crippen molar-refractivity contribution in [2.45, 2.75) is 19.4 Å².